The summed E-state index contributed by atoms with van der Waals surface area (Å²) in [5.74, 6) is 0. The van der Waals surface area contributed by atoms with Crippen molar-refractivity contribution < 1.29 is 44.3 Å². The van der Waals surface area contributed by atoms with Gasteiger partial charge in [-0.1, -0.05) is 12.1 Å². The summed E-state index contributed by atoms with van der Waals surface area (Å²) >= 11 is 0. The van der Waals surface area contributed by atoms with Gasteiger partial charge >= 0.3 is 19.5 Å². The summed E-state index contributed by atoms with van der Waals surface area (Å²) in [5.41, 5.74) is 4.07. The first-order valence-corrected chi connectivity index (χ1v) is 5.71. The van der Waals surface area contributed by atoms with E-state index in [1.54, 1.807) is 18.6 Å². The average Bonchev–Trinajstić information content (AvgIpc) is 2.49. The minimum atomic E-state index is 0. The summed E-state index contributed by atoms with van der Waals surface area (Å²) in [6.07, 6.45) is 8.99. The SMILES string of the molecule is [Cl-].[Cl-].[Zn+2].c1cncc(-c2cccnc2-c2cccnc2)c1. The molecule has 0 fully saturated rings. The van der Waals surface area contributed by atoms with Gasteiger partial charge in [-0.2, -0.15) is 0 Å². The van der Waals surface area contributed by atoms with Gasteiger partial charge in [0.25, 0.3) is 0 Å². The first-order chi connectivity index (χ1) is 8.95. The normalized spacial score (nSPS) is 8.76. The third kappa shape index (κ3) is 4.57. The Morgan fingerprint density at radius 2 is 1.24 bits per heavy atom. The molecule has 3 aromatic rings. The van der Waals surface area contributed by atoms with E-state index in [1.807, 2.05) is 48.8 Å². The average molecular weight is 370 g/mol. The zero-order valence-electron chi connectivity index (χ0n) is 11.2. The minimum Gasteiger partial charge on any atom is -1.00 e. The number of pyridine rings is 3. The molecular formula is C15H11Cl2N3Zn. The van der Waals surface area contributed by atoms with Crippen molar-refractivity contribution in [1.29, 1.82) is 0 Å². The number of nitrogens with zero attached hydrogens (tertiary/aromatic N) is 3. The van der Waals surface area contributed by atoms with Crippen molar-refractivity contribution in [1.82, 2.24) is 15.0 Å². The summed E-state index contributed by atoms with van der Waals surface area (Å²) in [5, 5.41) is 0. The van der Waals surface area contributed by atoms with Crippen LogP contribution in [0.25, 0.3) is 22.4 Å². The van der Waals surface area contributed by atoms with Crippen LogP contribution in [-0.2, 0) is 19.5 Å². The fourth-order valence-electron chi connectivity index (χ4n) is 1.89. The number of halogens is 2. The van der Waals surface area contributed by atoms with Crippen LogP contribution in [0.4, 0.5) is 0 Å². The third-order valence-corrected chi connectivity index (χ3v) is 2.72. The van der Waals surface area contributed by atoms with Gasteiger partial charge in [-0.05, 0) is 24.3 Å². The van der Waals surface area contributed by atoms with Crippen molar-refractivity contribution in [2.75, 3.05) is 0 Å². The summed E-state index contributed by atoms with van der Waals surface area (Å²) in [6.45, 7) is 0. The topological polar surface area (TPSA) is 38.7 Å². The smallest absolute Gasteiger partial charge is 1.00 e. The van der Waals surface area contributed by atoms with Gasteiger partial charge in [-0.3, -0.25) is 15.0 Å². The maximum Gasteiger partial charge on any atom is 2.00 e. The molecule has 0 amide bonds. The largest absolute Gasteiger partial charge is 2.00 e. The van der Waals surface area contributed by atoms with E-state index >= 15 is 0 Å². The Balaban J connectivity index is 0.00000133. The second kappa shape index (κ2) is 9.56. The number of aromatic nitrogens is 3. The fraction of sp³-hybridized carbons (Fsp3) is 0. The molecule has 0 bridgehead atoms. The van der Waals surface area contributed by atoms with E-state index < -0.39 is 0 Å². The maximum absolute atomic E-state index is 4.46. The molecule has 0 unspecified atom stereocenters. The maximum atomic E-state index is 4.46. The van der Waals surface area contributed by atoms with E-state index in [4.69, 9.17) is 0 Å². The molecule has 0 aliphatic rings. The molecule has 0 N–H and O–H groups in total. The van der Waals surface area contributed by atoms with E-state index in [0.29, 0.717) is 0 Å². The third-order valence-electron chi connectivity index (χ3n) is 2.72. The van der Waals surface area contributed by atoms with Crippen LogP contribution in [0.2, 0.25) is 0 Å². The van der Waals surface area contributed by atoms with Crippen molar-refractivity contribution in [2.45, 2.75) is 0 Å². The van der Waals surface area contributed by atoms with Crippen LogP contribution >= 0.6 is 0 Å². The summed E-state index contributed by atoms with van der Waals surface area (Å²) in [6, 6.07) is 11.9. The zero-order chi connectivity index (χ0) is 12.2. The fourth-order valence-corrected chi connectivity index (χ4v) is 1.89. The molecule has 0 saturated heterocycles. The van der Waals surface area contributed by atoms with E-state index in [2.05, 4.69) is 15.0 Å². The summed E-state index contributed by atoms with van der Waals surface area (Å²) < 4.78 is 0. The van der Waals surface area contributed by atoms with Crippen molar-refractivity contribution in [3.05, 3.63) is 67.4 Å². The van der Waals surface area contributed by atoms with E-state index in [9.17, 15) is 0 Å². The molecular weight excluding hydrogens is 358 g/mol. The molecule has 0 spiro atoms. The Morgan fingerprint density at radius 1 is 0.667 bits per heavy atom. The van der Waals surface area contributed by atoms with Crippen LogP contribution < -0.4 is 24.8 Å². The molecule has 0 aliphatic heterocycles. The standard InChI is InChI=1S/C15H11N3.2ClH.Zn/c1-4-12(10-16-7-1)14-6-3-9-18-15(14)13-5-2-8-17-11-13;;;/h1-11H;2*1H;/q;;;+2/p-2. The van der Waals surface area contributed by atoms with Gasteiger partial charge in [0.1, 0.15) is 0 Å². The molecule has 6 heteroatoms. The van der Waals surface area contributed by atoms with Gasteiger partial charge in [0.2, 0.25) is 0 Å². The molecule has 0 aliphatic carbocycles. The molecule has 0 saturated carbocycles. The molecule has 0 aromatic carbocycles. The van der Waals surface area contributed by atoms with Crippen LogP contribution in [0.1, 0.15) is 0 Å². The van der Waals surface area contributed by atoms with Crippen LogP contribution in [0.15, 0.2) is 67.4 Å². The Hall–Kier alpha value is -1.35. The zero-order valence-corrected chi connectivity index (χ0v) is 15.6. The Bertz CT molecular complexity index is 593. The summed E-state index contributed by atoms with van der Waals surface area (Å²) in [4.78, 5) is 12.8. The first-order valence-electron chi connectivity index (χ1n) is 5.71. The van der Waals surface area contributed by atoms with Gasteiger partial charge < -0.3 is 24.8 Å². The molecule has 21 heavy (non-hydrogen) atoms. The van der Waals surface area contributed by atoms with Gasteiger partial charge in [0, 0.05) is 47.7 Å². The number of hydrogen-bond donors (Lipinski definition) is 0. The van der Waals surface area contributed by atoms with Crippen molar-refractivity contribution >= 4 is 0 Å². The Labute approximate surface area is 148 Å². The first kappa shape index (κ1) is 19.7. The van der Waals surface area contributed by atoms with Crippen LogP contribution in [0, 0.1) is 0 Å². The van der Waals surface area contributed by atoms with Gasteiger partial charge in [-0.25, -0.2) is 0 Å². The summed E-state index contributed by atoms with van der Waals surface area (Å²) in [7, 11) is 0. The second-order valence-electron chi connectivity index (χ2n) is 3.88. The van der Waals surface area contributed by atoms with Crippen molar-refractivity contribution in [3.8, 4) is 22.4 Å². The van der Waals surface area contributed by atoms with Crippen LogP contribution in [0.3, 0.4) is 0 Å². The van der Waals surface area contributed by atoms with Crippen LogP contribution in [-0.4, -0.2) is 15.0 Å². The van der Waals surface area contributed by atoms with Crippen LogP contribution in [0.5, 0.6) is 0 Å². The molecule has 0 radical (unpaired) electrons. The minimum absolute atomic E-state index is 0. The molecule has 3 rings (SSSR count). The number of hydrogen-bond acceptors (Lipinski definition) is 3. The molecule has 3 aromatic heterocycles. The molecule has 3 heterocycles. The van der Waals surface area contributed by atoms with Crippen molar-refractivity contribution in [2.24, 2.45) is 0 Å². The quantitative estimate of drug-likeness (QED) is 0.459. The molecule has 102 valence electrons. The monoisotopic (exact) mass is 367 g/mol. The molecule has 3 nitrogen and oxygen atoms in total. The predicted octanol–water partition coefficient (Wildman–Crippen LogP) is -2.79. The molecule has 0 atom stereocenters. The predicted molar refractivity (Wildman–Crippen MR) is 70.7 cm³/mol. The van der Waals surface area contributed by atoms with E-state index in [0.717, 1.165) is 22.4 Å². The van der Waals surface area contributed by atoms with E-state index in [-0.39, 0.29) is 44.3 Å². The Kier molecular flexibility index (Phi) is 8.95. The second-order valence-corrected chi connectivity index (χ2v) is 3.88. The van der Waals surface area contributed by atoms with Gasteiger partial charge in [0.15, 0.2) is 0 Å². The van der Waals surface area contributed by atoms with Gasteiger partial charge in [0.05, 0.1) is 5.69 Å². The number of rotatable bonds is 2. The van der Waals surface area contributed by atoms with Crippen molar-refractivity contribution in [3.63, 3.8) is 0 Å². The Morgan fingerprint density at radius 3 is 1.81 bits per heavy atom. The van der Waals surface area contributed by atoms with E-state index in [1.165, 1.54) is 0 Å². The van der Waals surface area contributed by atoms with Gasteiger partial charge in [-0.15, -0.1) is 0 Å².